The van der Waals surface area contributed by atoms with Crippen LogP contribution in [0.4, 0.5) is 24.9 Å². The van der Waals surface area contributed by atoms with Gasteiger partial charge in [-0.25, -0.2) is 4.98 Å². The second-order valence-corrected chi connectivity index (χ2v) is 9.85. The Hall–Kier alpha value is -2.59. The maximum atomic E-state index is 12.8. The first-order chi connectivity index (χ1) is 17.3. The summed E-state index contributed by atoms with van der Waals surface area (Å²) in [4.78, 5) is 11.8. The lowest BCUT2D eigenvalue weighted by molar-refractivity contribution is -0.274. The number of anilines is 2. The second-order valence-electron chi connectivity index (χ2n) is 8.93. The van der Waals surface area contributed by atoms with E-state index in [9.17, 15) is 13.2 Å². The number of halogens is 4. The summed E-state index contributed by atoms with van der Waals surface area (Å²) >= 11 is 3.21. The van der Waals surface area contributed by atoms with Gasteiger partial charge in [-0.3, -0.25) is 0 Å². The van der Waals surface area contributed by atoms with E-state index in [1.165, 1.54) is 6.07 Å². The van der Waals surface area contributed by atoms with Crippen molar-refractivity contribution in [1.82, 2.24) is 15.3 Å². The number of rotatable bonds is 9. The van der Waals surface area contributed by atoms with E-state index in [0.717, 1.165) is 55.5 Å². The molecule has 1 aliphatic rings. The topological polar surface area (TPSA) is 62.3 Å². The molecular formula is C27H35BrF3N5O. The minimum Gasteiger partial charge on any atom is -0.405 e. The second kappa shape index (κ2) is 12.8. The maximum absolute atomic E-state index is 12.8. The van der Waals surface area contributed by atoms with E-state index in [4.69, 9.17) is 9.97 Å². The molecular weight excluding hydrogens is 547 g/mol. The van der Waals surface area contributed by atoms with Gasteiger partial charge < -0.3 is 20.3 Å². The van der Waals surface area contributed by atoms with E-state index in [1.807, 2.05) is 18.2 Å². The Morgan fingerprint density at radius 2 is 1.68 bits per heavy atom. The molecule has 2 aromatic carbocycles. The fraction of sp³-hybridized carbons (Fsp3) is 0.481. The van der Waals surface area contributed by atoms with Crippen LogP contribution in [0.25, 0.3) is 10.9 Å². The molecule has 10 heteroatoms. The molecule has 0 radical (unpaired) electrons. The van der Waals surface area contributed by atoms with Crippen LogP contribution in [-0.2, 0) is 6.54 Å². The highest BCUT2D eigenvalue weighted by Gasteiger charge is 2.32. The summed E-state index contributed by atoms with van der Waals surface area (Å²) in [5.74, 6) is 1.39. The summed E-state index contributed by atoms with van der Waals surface area (Å²) in [5.41, 5.74) is 1.39. The van der Waals surface area contributed by atoms with Gasteiger partial charge in [0.2, 0.25) is 5.95 Å². The minimum absolute atomic E-state index is 0. The number of ether oxygens (including phenoxy) is 1. The summed E-state index contributed by atoms with van der Waals surface area (Å²) in [6.45, 7) is 6.27. The number of para-hydroxylation sites is 1. The fourth-order valence-electron chi connectivity index (χ4n) is 4.66. The standard InChI is InChI=1S/C26H31BrF3N5O.CH4/c1-3-35(4-2)24-21-7-5-6-8-22(21)33-25(34-24)32-20-13-11-19(12-14-20)31-16-17-9-10-18(27)15-23(17)36-26(28,29)30;/h5-10,15,19-20,31H,3-4,11-14,16H2,1-2H3,(H,32,33,34);1H4. The predicted octanol–water partition coefficient (Wildman–Crippen LogP) is 7.29. The van der Waals surface area contributed by atoms with Gasteiger partial charge in [0.05, 0.1) is 5.52 Å². The van der Waals surface area contributed by atoms with Crippen molar-refractivity contribution in [2.24, 2.45) is 0 Å². The number of fused-ring (bicyclic) bond motifs is 1. The van der Waals surface area contributed by atoms with Crippen LogP contribution in [0.2, 0.25) is 0 Å². The average molecular weight is 583 g/mol. The van der Waals surface area contributed by atoms with Gasteiger partial charge in [0, 0.05) is 47.1 Å². The zero-order chi connectivity index (χ0) is 25.7. The SMILES string of the molecule is C.CCN(CC)c1nc(NC2CCC(NCc3ccc(Br)cc3OC(F)(F)F)CC2)nc2ccccc12. The van der Waals surface area contributed by atoms with Crippen LogP contribution < -0.4 is 20.3 Å². The van der Waals surface area contributed by atoms with Gasteiger partial charge in [0.1, 0.15) is 11.6 Å². The van der Waals surface area contributed by atoms with Crippen molar-refractivity contribution >= 4 is 38.6 Å². The smallest absolute Gasteiger partial charge is 0.405 e. The first-order valence-electron chi connectivity index (χ1n) is 12.3. The fourth-order valence-corrected chi connectivity index (χ4v) is 5.00. The van der Waals surface area contributed by atoms with Gasteiger partial charge in [-0.05, 0) is 63.8 Å². The van der Waals surface area contributed by atoms with Crippen molar-refractivity contribution in [2.45, 2.75) is 71.9 Å². The van der Waals surface area contributed by atoms with Gasteiger partial charge in [-0.1, -0.05) is 41.6 Å². The molecule has 0 aliphatic heterocycles. The van der Waals surface area contributed by atoms with Crippen molar-refractivity contribution in [3.8, 4) is 5.75 Å². The highest BCUT2D eigenvalue weighted by Crippen LogP contribution is 2.31. The number of hydrogen-bond acceptors (Lipinski definition) is 6. The van der Waals surface area contributed by atoms with Crippen molar-refractivity contribution in [2.75, 3.05) is 23.3 Å². The molecule has 1 aromatic heterocycles. The normalized spacial score (nSPS) is 17.8. The number of aromatic nitrogens is 2. The molecule has 4 rings (SSSR count). The van der Waals surface area contributed by atoms with E-state index in [1.54, 1.807) is 12.1 Å². The van der Waals surface area contributed by atoms with Crippen LogP contribution in [0, 0.1) is 0 Å². The molecule has 1 heterocycles. The van der Waals surface area contributed by atoms with Crippen molar-refractivity contribution in [1.29, 1.82) is 0 Å². The number of nitrogens with zero attached hydrogens (tertiary/aromatic N) is 3. The zero-order valence-electron chi connectivity index (χ0n) is 20.4. The number of nitrogens with one attached hydrogen (secondary N) is 2. The van der Waals surface area contributed by atoms with Crippen LogP contribution in [0.3, 0.4) is 0 Å². The molecule has 37 heavy (non-hydrogen) atoms. The third-order valence-corrected chi connectivity index (χ3v) is 7.04. The van der Waals surface area contributed by atoms with Crippen molar-refractivity contribution in [3.63, 3.8) is 0 Å². The molecule has 1 saturated carbocycles. The average Bonchev–Trinajstić information content (AvgIpc) is 2.84. The Bertz CT molecular complexity index is 1160. The van der Waals surface area contributed by atoms with Crippen molar-refractivity contribution < 1.29 is 17.9 Å². The van der Waals surface area contributed by atoms with Crippen LogP contribution >= 0.6 is 15.9 Å². The Labute approximate surface area is 225 Å². The Kier molecular flexibility index (Phi) is 10.0. The summed E-state index contributed by atoms with van der Waals surface area (Å²) < 4.78 is 43.1. The summed E-state index contributed by atoms with van der Waals surface area (Å²) in [7, 11) is 0. The monoisotopic (exact) mass is 581 g/mol. The zero-order valence-corrected chi connectivity index (χ0v) is 22.0. The molecule has 3 aromatic rings. The van der Waals surface area contributed by atoms with Gasteiger partial charge in [-0.15, -0.1) is 13.2 Å². The molecule has 0 spiro atoms. The third kappa shape index (κ3) is 7.70. The number of hydrogen-bond donors (Lipinski definition) is 2. The molecule has 0 amide bonds. The lowest BCUT2D eigenvalue weighted by atomic mass is 9.91. The summed E-state index contributed by atoms with van der Waals surface area (Å²) in [6.07, 6.45) is -1.09. The quantitative estimate of drug-likeness (QED) is 0.277. The Balaban J connectivity index is 0.00000380. The largest absolute Gasteiger partial charge is 0.573 e. The lowest BCUT2D eigenvalue weighted by Gasteiger charge is -2.30. The maximum Gasteiger partial charge on any atom is 0.573 e. The highest BCUT2D eigenvalue weighted by atomic mass is 79.9. The molecule has 1 fully saturated rings. The minimum atomic E-state index is -4.73. The number of benzene rings is 2. The van der Waals surface area contributed by atoms with Crippen molar-refractivity contribution in [3.05, 3.63) is 52.5 Å². The first-order valence-corrected chi connectivity index (χ1v) is 13.1. The Morgan fingerprint density at radius 1 is 1.00 bits per heavy atom. The summed E-state index contributed by atoms with van der Waals surface area (Å²) in [5, 5.41) is 7.97. The molecule has 0 saturated heterocycles. The Morgan fingerprint density at radius 3 is 2.35 bits per heavy atom. The summed E-state index contributed by atoms with van der Waals surface area (Å²) in [6, 6.07) is 13.2. The predicted molar refractivity (Wildman–Crippen MR) is 147 cm³/mol. The van der Waals surface area contributed by atoms with Gasteiger partial charge in [-0.2, -0.15) is 4.98 Å². The van der Waals surface area contributed by atoms with E-state index >= 15 is 0 Å². The molecule has 1 aliphatic carbocycles. The van der Waals surface area contributed by atoms with Crippen LogP contribution in [0.5, 0.6) is 5.75 Å². The van der Waals surface area contributed by atoms with Crippen LogP contribution in [-0.4, -0.2) is 41.5 Å². The molecule has 0 unspecified atom stereocenters. The van der Waals surface area contributed by atoms with Gasteiger partial charge in [0.25, 0.3) is 0 Å². The first kappa shape index (κ1) is 29.0. The van der Waals surface area contributed by atoms with Gasteiger partial charge >= 0.3 is 6.36 Å². The van der Waals surface area contributed by atoms with Crippen LogP contribution in [0.15, 0.2) is 46.9 Å². The van der Waals surface area contributed by atoms with E-state index in [-0.39, 0.29) is 25.3 Å². The molecule has 0 bridgehead atoms. The molecule has 2 N–H and O–H groups in total. The molecule has 6 nitrogen and oxygen atoms in total. The van der Waals surface area contributed by atoms with Gasteiger partial charge in [0.15, 0.2) is 0 Å². The van der Waals surface area contributed by atoms with E-state index in [2.05, 4.69) is 56.1 Å². The van der Waals surface area contributed by atoms with E-state index < -0.39 is 6.36 Å². The third-order valence-electron chi connectivity index (χ3n) is 6.54. The van der Waals surface area contributed by atoms with Crippen LogP contribution in [0.1, 0.15) is 52.5 Å². The molecule has 0 atom stereocenters. The molecule has 202 valence electrons. The highest BCUT2D eigenvalue weighted by molar-refractivity contribution is 9.10. The lowest BCUT2D eigenvalue weighted by Crippen LogP contribution is -2.37. The number of alkyl halides is 3. The van der Waals surface area contributed by atoms with E-state index in [0.29, 0.717) is 22.5 Å².